The third kappa shape index (κ3) is 3.58. The largest absolute Gasteiger partial charge is 0.336 e. The highest BCUT2D eigenvalue weighted by molar-refractivity contribution is 9.09. The number of amides is 1. The van der Waals surface area contributed by atoms with Crippen LogP contribution >= 0.6 is 15.9 Å². The van der Waals surface area contributed by atoms with Crippen LogP contribution < -0.4 is 0 Å². The molecule has 0 unspecified atom stereocenters. The van der Waals surface area contributed by atoms with Crippen LogP contribution in [0.1, 0.15) is 41.8 Å². The molecule has 0 fully saturated rings. The van der Waals surface area contributed by atoms with Crippen LogP contribution in [-0.4, -0.2) is 28.7 Å². The minimum absolute atomic E-state index is 0.154. The van der Waals surface area contributed by atoms with Gasteiger partial charge in [-0.2, -0.15) is 0 Å². The number of hydrogen-bond donors (Lipinski definition) is 0. The van der Waals surface area contributed by atoms with E-state index in [0.717, 1.165) is 35.0 Å². The minimum Gasteiger partial charge on any atom is -0.336 e. The predicted molar refractivity (Wildman–Crippen MR) is 80.5 cm³/mol. The van der Waals surface area contributed by atoms with Crippen molar-refractivity contribution < 1.29 is 4.79 Å². The maximum atomic E-state index is 12.6. The van der Waals surface area contributed by atoms with Gasteiger partial charge in [-0.25, -0.2) is 0 Å². The quantitative estimate of drug-likeness (QED) is 0.754. The topological polar surface area (TPSA) is 20.3 Å². The molecule has 1 aromatic carbocycles. The van der Waals surface area contributed by atoms with Crippen LogP contribution in [0.15, 0.2) is 18.2 Å². The summed E-state index contributed by atoms with van der Waals surface area (Å²) in [4.78, 5) is 14.6. The van der Waals surface area contributed by atoms with Crippen LogP contribution in [0.2, 0.25) is 0 Å². The molecule has 18 heavy (non-hydrogen) atoms. The Balaban J connectivity index is 3.02. The molecule has 1 aromatic rings. The molecule has 0 N–H and O–H groups in total. The maximum Gasteiger partial charge on any atom is 0.254 e. The first-order valence-corrected chi connectivity index (χ1v) is 7.54. The van der Waals surface area contributed by atoms with Gasteiger partial charge in [-0.1, -0.05) is 34.1 Å². The molecule has 0 bridgehead atoms. The second-order valence-electron chi connectivity index (χ2n) is 4.90. The van der Waals surface area contributed by atoms with Crippen molar-refractivity contribution in [1.29, 1.82) is 0 Å². The highest BCUT2D eigenvalue weighted by Crippen LogP contribution is 2.17. The molecule has 0 aliphatic carbocycles. The van der Waals surface area contributed by atoms with Crippen LogP contribution in [0, 0.1) is 13.8 Å². The number of hydrogen-bond acceptors (Lipinski definition) is 1. The Labute approximate surface area is 119 Å². The average Bonchev–Trinajstić information content (AvgIpc) is 2.28. The lowest BCUT2D eigenvalue weighted by atomic mass is 10.0. The normalized spacial score (nSPS) is 10.8. The zero-order valence-corrected chi connectivity index (χ0v) is 13.3. The van der Waals surface area contributed by atoms with E-state index in [4.69, 9.17) is 0 Å². The molecule has 2 nitrogen and oxygen atoms in total. The van der Waals surface area contributed by atoms with Crippen molar-refractivity contribution in [3.8, 4) is 0 Å². The Bertz CT molecular complexity index is 395. The molecule has 1 rings (SSSR count). The lowest BCUT2D eigenvalue weighted by molar-refractivity contribution is 0.0705. The smallest absolute Gasteiger partial charge is 0.254 e. The van der Waals surface area contributed by atoms with Gasteiger partial charge in [0.25, 0.3) is 5.91 Å². The number of benzene rings is 1. The molecule has 0 aliphatic heterocycles. The zero-order valence-electron chi connectivity index (χ0n) is 11.7. The van der Waals surface area contributed by atoms with Crippen molar-refractivity contribution in [2.45, 2.75) is 40.2 Å². The summed E-state index contributed by atoms with van der Waals surface area (Å²) in [6.45, 7) is 8.95. The van der Waals surface area contributed by atoms with Gasteiger partial charge in [0.1, 0.15) is 0 Å². The summed E-state index contributed by atoms with van der Waals surface area (Å²) in [5.74, 6) is 0.154. The van der Waals surface area contributed by atoms with Gasteiger partial charge >= 0.3 is 0 Å². The highest BCUT2D eigenvalue weighted by atomic mass is 79.9. The standard InChI is InChI=1S/C15H22BrNO/c1-11(2)17(10-6-9-16)15(18)14-12(3)7-5-8-13(14)4/h5,7-8,11H,6,9-10H2,1-4H3. The van der Waals surface area contributed by atoms with E-state index in [1.807, 2.05) is 36.9 Å². The number of carbonyl (C=O) groups is 1. The van der Waals surface area contributed by atoms with Gasteiger partial charge < -0.3 is 4.90 Å². The number of alkyl halides is 1. The Morgan fingerprint density at radius 2 is 1.83 bits per heavy atom. The molecule has 0 heterocycles. The molecule has 0 saturated carbocycles. The summed E-state index contributed by atoms with van der Waals surface area (Å²) in [6.07, 6.45) is 0.981. The third-order valence-corrected chi connectivity index (χ3v) is 3.67. The number of aryl methyl sites for hydroxylation is 2. The second-order valence-corrected chi connectivity index (χ2v) is 5.69. The molecule has 1 amide bonds. The van der Waals surface area contributed by atoms with Crippen molar-refractivity contribution in [2.75, 3.05) is 11.9 Å². The Morgan fingerprint density at radius 1 is 1.28 bits per heavy atom. The van der Waals surface area contributed by atoms with E-state index in [1.165, 1.54) is 0 Å². The molecule has 100 valence electrons. The fourth-order valence-electron chi connectivity index (χ4n) is 2.12. The first kappa shape index (κ1) is 15.2. The van der Waals surface area contributed by atoms with Crippen LogP contribution in [-0.2, 0) is 0 Å². The molecule has 0 saturated heterocycles. The zero-order chi connectivity index (χ0) is 13.7. The van der Waals surface area contributed by atoms with Gasteiger partial charge in [0.05, 0.1) is 0 Å². The fraction of sp³-hybridized carbons (Fsp3) is 0.533. The van der Waals surface area contributed by atoms with Crippen LogP contribution in [0.25, 0.3) is 0 Å². The molecular weight excluding hydrogens is 290 g/mol. The molecule has 0 aliphatic rings. The first-order chi connectivity index (χ1) is 8.49. The number of carbonyl (C=O) groups excluding carboxylic acids is 1. The maximum absolute atomic E-state index is 12.6. The van der Waals surface area contributed by atoms with E-state index in [0.29, 0.717) is 0 Å². The molecule has 0 radical (unpaired) electrons. The van der Waals surface area contributed by atoms with Crippen molar-refractivity contribution in [1.82, 2.24) is 4.90 Å². The van der Waals surface area contributed by atoms with E-state index >= 15 is 0 Å². The Morgan fingerprint density at radius 3 is 2.28 bits per heavy atom. The molecule has 3 heteroatoms. The van der Waals surface area contributed by atoms with E-state index in [-0.39, 0.29) is 11.9 Å². The lowest BCUT2D eigenvalue weighted by Gasteiger charge is -2.28. The first-order valence-electron chi connectivity index (χ1n) is 6.42. The van der Waals surface area contributed by atoms with Gasteiger partial charge in [0.15, 0.2) is 0 Å². The Hall–Kier alpha value is -0.830. The summed E-state index contributed by atoms with van der Waals surface area (Å²) < 4.78 is 0. The summed E-state index contributed by atoms with van der Waals surface area (Å²) in [5, 5.41) is 0.927. The monoisotopic (exact) mass is 311 g/mol. The summed E-state index contributed by atoms with van der Waals surface area (Å²) >= 11 is 3.42. The molecular formula is C15H22BrNO. The third-order valence-electron chi connectivity index (χ3n) is 3.11. The molecule has 0 spiro atoms. The summed E-state index contributed by atoms with van der Waals surface area (Å²) in [7, 11) is 0. The number of rotatable bonds is 5. The van der Waals surface area contributed by atoms with Gasteiger partial charge in [0, 0.05) is 23.5 Å². The summed E-state index contributed by atoms with van der Waals surface area (Å²) in [5.41, 5.74) is 2.98. The van der Waals surface area contributed by atoms with E-state index < -0.39 is 0 Å². The van der Waals surface area contributed by atoms with Gasteiger partial charge in [-0.05, 0) is 45.2 Å². The average molecular weight is 312 g/mol. The van der Waals surface area contributed by atoms with Gasteiger partial charge in [-0.15, -0.1) is 0 Å². The fourth-order valence-corrected chi connectivity index (χ4v) is 2.37. The Kier molecular flexibility index (Phi) is 5.86. The number of nitrogens with zero attached hydrogens (tertiary/aromatic N) is 1. The van der Waals surface area contributed by atoms with Crippen LogP contribution in [0.5, 0.6) is 0 Å². The van der Waals surface area contributed by atoms with E-state index in [2.05, 4.69) is 29.8 Å². The van der Waals surface area contributed by atoms with Gasteiger partial charge in [0.2, 0.25) is 0 Å². The van der Waals surface area contributed by atoms with Crippen LogP contribution in [0.3, 0.4) is 0 Å². The van der Waals surface area contributed by atoms with E-state index in [1.54, 1.807) is 0 Å². The van der Waals surface area contributed by atoms with Crippen molar-refractivity contribution in [2.24, 2.45) is 0 Å². The van der Waals surface area contributed by atoms with Crippen molar-refractivity contribution >= 4 is 21.8 Å². The highest BCUT2D eigenvalue weighted by Gasteiger charge is 2.21. The number of halogens is 1. The lowest BCUT2D eigenvalue weighted by Crippen LogP contribution is -2.38. The predicted octanol–water partition coefficient (Wildman–Crippen LogP) is 3.94. The SMILES string of the molecule is Cc1cccc(C)c1C(=O)N(CCCBr)C(C)C. The van der Waals surface area contributed by atoms with E-state index in [9.17, 15) is 4.79 Å². The minimum atomic E-state index is 0.154. The summed E-state index contributed by atoms with van der Waals surface area (Å²) in [6, 6.07) is 6.24. The van der Waals surface area contributed by atoms with Gasteiger partial charge in [-0.3, -0.25) is 4.79 Å². The van der Waals surface area contributed by atoms with Crippen molar-refractivity contribution in [3.05, 3.63) is 34.9 Å². The second kappa shape index (κ2) is 6.93. The van der Waals surface area contributed by atoms with Crippen molar-refractivity contribution in [3.63, 3.8) is 0 Å². The molecule has 0 aromatic heterocycles. The molecule has 0 atom stereocenters. The van der Waals surface area contributed by atoms with Crippen LogP contribution in [0.4, 0.5) is 0 Å².